The van der Waals surface area contributed by atoms with E-state index in [1.165, 1.54) is 12.1 Å². The predicted octanol–water partition coefficient (Wildman–Crippen LogP) is 0.419. The lowest BCUT2D eigenvalue weighted by atomic mass is 10.0. The molecule has 2 unspecified atom stereocenters. The van der Waals surface area contributed by atoms with Crippen molar-refractivity contribution in [2.24, 2.45) is 5.73 Å². The minimum atomic E-state index is -1.11. The number of hydrogen-bond donors (Lipinski definition) is 3. The molecule has 0 saturated carbocycles. The molecule has 0 aliphatic rings. The highest BCUT2D eigenvalue weighted by Gasteiger charge is 2.17. The normalized spacial score (nSPS) is 14.6. The van der Waals surface area contributed by atoms with Crippen LogP contribution in [0.25, 0.3) is 0 Å². The summed E-state index contributed by atoms with van der Waals surface area (Å²) in [5.74, 6) is -0.661. The minimum absolute atomic E-state index is 0.0814. The van der Waals surface area contributed by atoms with Crippen LogP contribution in [0.5, 0.6) is 0 Å². The number of carbonyl (C=O) groups is 1. The van der Waals surface area contributed by atoms with Crippen LogP contribution >= 0.6 is 11.6 Å². The Morgan fingerprint density at radius 3 is 2.67 bits per heavy atom. The number of amides is 1. The first-order valence-corrected chi connectivity index (χ1v) is 4.91. The molecular weight excluding hydrogens is 218 g/mol. The highest BCUT2D eigenvalue weighted by atomic mass is 35.5. The number of alkyl halides is 1. The molecule has 15 heavy (non-hydrogen) atoms. The molecule has 0 fully saturated rings. The number of carbonyl (C=O) groups excluding carboxylic acids is 1. The number of aliphatic hydroxyl groups is 2. The molecule has 4 N–H and O–H groups in total. The maximum atomic E-state index is 10.9. The Kier molecular flexibility index (Phi) is 4.08. The maximum Gasteiger partial charge on any atom is 0.248 e. The van der Waals surface area contributed by atoms with Crippen LogP contribution in [0.1, 0.15) is 22.0 Å². The molecule has 1 amide bonds. The average molecular weight is 230 g/mol. The largest absolute Gasteiger partial charge is 0.389 e. The van der Waals surface area contributed by atoms with Crippen LogP contribution in [0.3, 0.4) is 0 Å². The van der Waals surface area contributed by atoms with Gasteiger partial charge >= 0.3 is 0 Å². The Labute approximate surface area is 92.3 Å². The van der Waals surface area contributed by atoms with Crippen LogP contribution in [0.15, 0.2) is 24.3 Å². The van der Waals surface area contributed by atoms with Crippen LogP contribution in [-0.4, -0.2) is 28.1 Å². The van der Waals surface area contributed by atoms with Gasteiger partial charge in [0.2, 0.25) is 5.91 Å². The van der Waals surface area contributed by atoms with Gasteiger partial charge in [-0.25, -0.2) is 0 Å². The van der Waals surface area contributed by atoms with Crippen molar-refractivity contribution in [2.75, 3.05) is 5.88 Å². The first-order chi connectivity index (χ1) is 7.06. The third-order valence-electron chi connectivity index (χ3n) is 2.04. The summed E-state index contributed by atoms with van der Waals surface area (Å²) in [6.45, 7) is 0. The summed E-state index contributed by atoms with van der Waals surface area (Å²) in [6, 6.07) is 6.14. The summed E-state index contributed by atoms with van der Waals surface area (Å²) in [6.07, 6.45) is -2.17. The number of hydrogen-bond acceptors (Lipinski definition) is 3. The molecule has 0 aliphatic heterocycles. The zero-order valence-corrected chi connectivity index (χ0v) is 8.69. The van der Waals surface area contributed by atoms with Gasteiger partial charge in [-0.05, 0) is 17.7 Å². The monoisotopic (exact) mass is 229 g/mol. The quantitative estimate of drug-likeness (QED) is 0.655. The fourth-order valence-electron chi connectivity index (χ4n) is 1.18. The fourth-order valence-corrected chi connectivity index (χ4v) is 1.35. The molecule has 0 aliphatic carbocycles. The second-order valence-corrected chi connectivity index (χ2v) is 3.46. The number of halogens is 1. The first kappa shape index (κ1) is 12.0. The van der Waals surface area contributed by atoms with Gasteiger partial charge in [-0.1, -0.05) is 12.1 Å². The topological polar surface area (TPSA) is 83.6 Å². The van der Waals surface area contributed by atoms with E-state index in [0.29, 0.717) is 5.56 Å². The molecule has 0 radical (unpaired) electrons. The third kappa shape index (κ3) is 2.92. The Morgan fingerprint density at radius 2 is 2.13 bits per heavy atom. The highest BCUT2D eigenvalue weighted by molar-refractivity contribution is 6.18. The van der Waals surface area contributed by atoms with Crippen LogP contribution in [0.4, 0.5) is 0 Å². The molecule has 82 valence electrons. The van der Waals surface area contributed by atoms with E-state index in [4.69, 9.17) is 17.3 Å². The zero-order valence-electron chi connectivity index (χ0n) is 7.93. The first-order valence-electron chi connectivity index (χ1n) is 4.38. The second kappa shape index (κ2) is 5.11. The van der Waals surface area contributed by atoms with Gasteiger partial charge in [0.25, 0.3) is 0 Å². The summed E-state index contributed by atoms with van der Waals surface area (Å²) in [5, 5.41) is 18.9. The summed E-state index contributed by atoms with van der Waals surface area (Å²) >= 11 is 5.40. The molecule has 4 nitrogen and oxygen atoms in total. The smallest absolute Gasteiger partial charge is 0.248 e. The van der Waals surface area contributed by atoms with Gasteiger partial charge in [0.1, 0.15) is 6.10 Å². The molecular formula is C10H12ClNO3. The summed E-state index contributed by atoms with van der Waals surface area (Å²) in [7, 11) is 0. The molecule has 1 rings (SSSR count). The average Bonchev–Trinajstić information content (AvgIpc) is 2.27. The van der Waals surface area contributed by atoms with E-state index in [0.717, 1.165) is 0 Å². The van der Waals surface area contributed by atoms with Crippen molar-refractivity contribution < 1.29 is 15.0 Å². The third-order valence-corrected chi connectivity index (χ3v) is 2.35. The molecule has 0 spiro atoms. The Hall–Kier alpha value is -1.10. The van der Waals surface area contributed by atoms with Crippen LogP contribution < -0.4 is 5.73 Å². The Morgan fingerprint density at radius 1 is 1.47 bits per heavy atom. The van der Waals surface area contributed by atoms with E-state index < -0.39 is 18.1 Å². The van der Waals surface area contributed by atoms with E-state index in [2.05, 4.69) is 0 Å². The lowest BCUT2D eigenvalue weighted by Gasteiger charge is -2.15. The van der Waals surface area contributed by atoms with Gasteiger partial charge < -0.3 is 15.9 Å². The number of benzene rings is 1. The molecule has 0 heterocycles. The number of rotatable bonds is 4. The van der Waals surface area contributed by atoms with Crippen molar-refractivity contribution in [2.45, 2.75) is 12.2 Å². The van der Waals surface area contributed by atoms with E-state index in [9.17, 15) is 15.0 Å². The molecule has 1 aromatic rings. The van der Waals surface area contributed by atoms with E-state index in [1.54, 1.807) is 12.1 Å². The second-order valence-electron chi connectivity index (χ2n) is 3.16. The lowest BCUT2D eigenvalue weighted by molar-refractivity contribution is 0.0327. The van der Waals surface area contributed by atoms with Gasteiger partial charge in [0.05, 0.1) is 12.0 Å². The standard InChI is InChI=1S/C10H12ClNO3/c11-5-8(13)9(14)6-2-1-3-7(4-6)10(12)15/h1-4,8-9,13-14H,5H2,(H2,12,15). The highest BCUT2D eigenvalue weighted by Crippen LogP contribution is 2.18. The number of aliphatic hydroxyl groups excluding tert-OH is 2. The molecule has 1 aromatic carbocycles. The summed E-state index contributed by atoms with van der Waals surface area (Å²) < 4.78 is 0. The number of nitrogens with two attached hydrogens (primary N) is 1. The number of primary amides is 1. The SMILES string of the molecule is NC(=O)c1cccc(C(O)C(O)CCl)c1. The predicted molar refractivity (Wildman–Crippen MR) is 56.6 cm³/mol. The Bertz CT molecular complexity index is 356. The van der Waals surface area contributed by atoms with Gasteiger partial charge in [0, 0.05) is 5.56 Å². The molecule has 5 heteroatoms. The zero-order chi connectivity index (χ0) is 11.4. The molecule has 2 atom stereocenters. The summed E-state index contributed by atoms with van der Waals surface area (Å²) in [5.41, 5.74) is 5.78. The van der Waals surface area contributed by atoms with Gasteiger partial charge in [-0.3, -0.25) is 4.79 Å². The van der Waals surface area contributed by atoms with Crippen molar-refractivity contribution in [1.82, 2.24) is 0 Å². The molecule has 0 aromatic heterocycles. The van der Waals surface area contributed by atoms with Crippen molar-refractivity contribution in [1.29, 1.82) is 0 Å². The summed E-state index contributed by atoms with van der Waals surface area (Å²) in [4.78, 5) is 10.9. The van der Waals surface area contributed by atoms with E-state index >= 15 is 0 Å². The van der Waals surface area contributed by atoms with Crippen molar-refractivity contribution in [3.63, 3.8) is 0 Å². The maximum absolute atomic E-state index is 10.9. The van der Waals surface area contributed by atoms with Crippen molar-refractivity contribution in [3.8, 4) is 0 Å². The van der Waals surface area contributed by atoms with E-state index in [1.807, 2.05) is 0 Å². The van der Waals surface area contributed by atoms with Crippen LogP contribution in [0, 0.1) is 0 Å². The fraction of sp³-hybridized carbons (Fsp3) is 0.300. The van der Waals surface area contributed by atoms with Gasteiger partial charge in [-0.15, -0.1) is 11.6 Å². The van der Waals surface area contributed by atoms with Gasteiger partial charge in [0.15, 0.2) is 0 Å². The van der Waals surface area contributed by atoms with Crippen LogP contribution in [0.2, 0.25) is 0 Å². The van der Waals surface area contributed by atoms with Crippen LogP contribution in [-0.2, 0) is 0 Å². The van der Waals surface area contributed by atoms with E-state index in [-0.39, 0.29) is 11.4 Å². The van der Waals surface area contributed by atoms with Crippen molar-refractivity contribution in [3.05, 3.63) is 35.4 Å². The minimum Gasteiger partial charge on any atom is -0.389 e. The lowest BCUT2D eigenvalue weighted by Crippen LogP contribution is -2.20. The molecule has 0 saturated heterocycles. The van der Waals surface area contributed by atoms with Gasteiger partial charge in [-0.2, -0.15) is 0 Å². The Balaban J connectivity index is 2.94. The van der Waals surface area contributed by atoms with Crippen molar-refractivity contribution >= 4 is 17.5 Å². The molecule has 0 bridgehead atoms.